The van der Waals surface area contributed by atoms with Crippen LogP contribution in [0.3, 0.4) is 0 Å². The highest BCUT2D eigenvalue weighted by Crippen LogP contribution is 2.32. The van der Waals surface area contributed by atoms with Crippen molar-refractivity contribution in [3.8, 4) is 11.5 Å². The first-order valence-electron chi connectivity index (χ1n) is 12.6. The molecule has 0 spiro atoms. The summed E-state index contributed by atoms with van der Waals surface area (Å²) in [7, 11) is -1.45. The standard InChI is InChI=1S/C29H34FN3O6S/c1-20(2)31-29(35)21(3)32(18-22-11-13-23(30)14-12-22)28(34)19-33(24-9-7-6-8-10-24)40(36,37)25-15-16-26(38-4)27(17-25)39-5/h6-17,20-21H,18-19H2,1-5H3,(H,31,35). The topological polar surface area (TPSA) is 105 Å². The summed E-state index contributed by atoms with van der Waals surface area (Å²) in [5, 5.41) is 2.79. The average molecular weight is 572 g/mol. The smallest absolute Gasteiger partial charge is 0.264 e. The van der Waals surface area contributed by atoms with Gasteiger partial charge >= 0.3 is 0 Å². The van der Waals surface area contributed by atoms with Crippen LogP contribution in [0.2, 0.25) is 0 Å². The first-order chi connectivity index (χ1) is 19.0. The molecule has 1 unspecified atom stereocenters. The van der Waals surface area contributed by atoms with Crippen LogP contribution in [0.4, 0.5) is 10.1 Å². The fourth-order valence-electron chi connectivity index (χ4n) is 4.00. The van der Waals surface area contributed by atoms with E-state index in [1.165, 1.54) is 61.6 Å². The Morgan fingerprint density at radius 3 is 2.10 bits per heavy atom. The summed E-state index contributed by atoms with van der Waals surface area (Å²) in [5.74, 6) is -0.911. The fourth-order valence-corrected chi connectivity index (χ4v) is 5.43. The second-order valence-corrected chi connectivity index (χ2v) is 11.2. The van der Waals surface area contributed by atoms with Gasteiger partial charge < -0.3 is 19.7 Å². The predicted molar refractivity (Wildman–Crippen MR) is 150 cm³/mol. The van der Waals surface area contributed by atoms with Crippen molar-refractivity contribution in [2.75, 3.05) is 25.1 Å². The summed E-state index contributed by atoms with van der Waals surface area (Å²) in [6.45, 7) is 4.52. The largest absolute Gasteiger partial charge is 0.493 e. The molecule has 9 nitrogen and oxygen atoms in total. The fraction of sp³-hybridized carbons (Fsp3) is 0.310. The summed E-state index contributed by atoms with van der Waals surface area (Å²) in [6, 6.07) is 16.8. The number of para-hydroxylation sites is 1. The van der Waals surface area contributed by atoms with Gasteiger partial charge in [0.2, 0.25) is 11.8 Å². The molecule has 0 fully saturated rings. The Morgan fingerprint density at radius 1 is 0.900 bits per heavy atom. The number of carbonyl (C=O) groups is 2. The maximum Gasteiger partial charge on any atom is 0.264 e. The molecule has 0 aliphatic rings. The molecule has 0 aliphatic heterocycles. The third-order valence-corrected chi connectivity index (χ3v) is 7.90. The van der Waals surface area contributed by atoms with E-state index in [1.807, 2.05) is 0 Å². The van der Waals surface area contributed by atoms with Gasteiger partial charge in [-0.1, -0.05) is 30.3 Å². The number of sulfonamides is 1. The zero-order chi connectivity index (χ0) is 29.4. The number of hydrogen-bond acceptors (Lipinski definition) is 6. The van der Waals surface area contributed by atoms with Crippen LogP contribution in [0, 0.1) is 5.82 Å². The molecule has 0 saturated carbocycles. The number of rotatable bonds is 12. The van der Waals surface area contributed by atoms with Crippen LogP contribution < -0.4 is 19.1 Å². The van der Waals surface area contributed by atoms with Gasteiger partial charge in [0.1, 0.15) is 18.4 Å². The highest BCUT2D eigenvalue weighted by molar-refractivity contribution is 7.92. The highest BCUT2D eigenvalue weighted by atomic mass is 32.2. The van der Waals surface area contributed by atoms with Gasteiger partial charge in [0.15, 0.2) is 11.5 Å². The molecule has 3 aromatic carbocycles. The van der Waals surface area contributed by atoms with E-state index in [1.54, 1.807) is 51.1 Å². The molecule has 3 rings (SSSR count). The van der Waals surface area contributed by atoms with Crippen molar-refractivity contribution in [3.63, 3.8) is 0 Å². The molecular formula is C29H34FN3O6S. The molecule has 0 heterocycles. The number of amides is 2. The van der Waals surface area contributed by atoms with Gasteiger partial charge in [0.05, 0.1) is 24.8 Å². The van der Waals surface area contributed by atoms with Crippen molar-refractivity contribution in [1.29, 1.82) is 0 Å². The molecule has 1 N–H and O–H groups in total. The van der Waals surface area contributed by atoms with Crippen LogP contribution >= 0.6 is 0 Å². The predicted octanol–water partition coefficient (Wildman–Crippen LogP) is 3.98. The third kappa shape index (κ3) is 7.29. The van der Waals surface area contributed by atoms with Crippen molar-refractivity contribution in [2.24, 2.45) is 0 Å². The van der Waals surface area contributed by atoms with E-state index >= 15 is 0 Å². The Bertz CT molecular complexity index is 1420. The lowest BCUT2D eigenvalue weighted by Crippen LogP contribution is -2.52. The van der Waals surface area contributed by atoms with Crippen LogP contribution in [0.5, 0.6) is 11.5 Å². The van der Waals surface area contributed by atoms with Gasteiger partial charge in [0.25, 0.3) is 10.0 Å². The van der Waals surface area contributed by atoms with Crippen molar-refractivity contribution >= 4 is 27.5 Å². The normalized spacial score (nSPS) is 12.0. The molecule has 0 radical (unpaired) electrons. The maximum atomic E-state index is 13.9. The Hall–Kier alpha value is -4.12. The Kier molecular flexibility index (Phi) is 10.1. The number of anilines is 1. The highest BCUT2D eigenvalue weighted by Gasteiger charge is 2.33. The summed E-state index contributed by atoms with van der Waals surface area (Å²) in [5.41, 5.74) is 0.833. The molecular weight excluding hydrogens is 537 g/mol. The second kappa shape index (κ2) is 13.3. The number of halogens is 1. The number of nitrogens with zero attached hydrogens (tertiary/aromatic N) is 2. The average Bonchev–Trinajstić information content (AvgIpc) is 2.94. The minimum Gasteiger partial charge on any atom is -0.493 e. The first kappa shape index (κ1) is 30.4. The molecule has 3 aromatic rings. The van der Waals surface area contributed by atoms with Crippen LogP contribution in [-0.4, -0.2) is 58.0 Å². The van der Waals surface area contributed by atoms with Crippen LogP contribution in [0.1, 0.15) is 26.3 Å². The van der Waals surface area contributed by atoms with Crippen LogP contribution in [0.25, 0.3) is 0 Å². The van der Waals surface area contributed by atoms with E-state index in [0.29, 0.717) is 11.3 Å². The lowest BCUT2D eigenvalue weighted by Gasteiger charge is -2.32. The minimum atomic E-state index is -4.28. The van der Waals surface area contributed by atoms with Crippen molar-refractivity contribution in [1.82, 2.24) is 10.2 Å². The number of benzene rings is 3. The molecule has 0 aromatic heterocycles. The van der Waals surface area contributed by atoms with E-state index in [9.17, 15) is 22.4 Å². The van der Waals surface area contributed by atoms with E-state index in [0.717, 1.165) is 4.31 Å². The molecule has 40 heavy (non-hydrogen) atoms. The van der Waals surface area contributed by atoms with Crippen LogP contribution in [-0.2, 0) is 26.2 Å². The lowest BCUT2D eigenvalue weighted by molar-refractivity contribution is -0.139. The lowest BCUT2D eigenvalue weighted by atomic mass is 10.1. The Balaban J connectivity index is 2.04. The van der Waals surface area contributed by atoms with Gasteiger partial charge in [-0.15, -0.1) is 0 Å². The number of hydrogen-bond donors (Lipinski definition) is 1. The summed E-state index contributed by atoms with van der Waals surface area (Å²) in [6.07, 6.45) is 0. The van der Waals surface area contributed by atoms with Gasteiger partial charge in [-0.2, -0.15) is 0 Å². The minimum absolute atomic E-state index is 0.0369. The van der Waals surface area contributed by atoms with Crippen LogP contribution in [0.15, 0.2) is 77.7 Å². The second-order valence-electron chi connectivity index (χ2n) is 9.35. The number of ether oxygens (including phenoxy) is 2. The summed E-state index contributed by atoms with van der Waals surface area (Å²) in [4.78, 5) is 27.9. The van der Waals surface area contributed by atoms with Gasteiger partial charge in [-0.3, -0.25) is 13.9 Å². The van der Waals surface area contributed by atoms with Gasteiger partial charge in [0, 0.05) is 18.7 Å². The molecule has 0 bridgehead atoms. The zero-order valence-corrected chi connectivity index (χ0v) is 23.9. The molecule has 0 saturated heterocycles. The summed E-state index contributed by atoms with van der Waals surface area (Å²) < 4.78 is 52.9. The van der Waals surface area contributed by atoms with Gasteiger partial charge in [-0.25, -0.2) is 12.8 Å². The summed E-state index contributed by atoms with van der Waals surface area (Å²) >= 11 is 0. The maximum absolute atomic E-state index is 13.9. The van der Waals surface area contributed by atoms with E-state index in [4.69, 9.17) is 9.47 Å². The number of nitrogens with one attached hydrogen (secondary N) is 1. The quantitative estimate of drug-likeness (QED) is 0.353. The van der Waals surface area contributed by atoms with Gasteiger partial charge in [-0.05, 0) is 62.7 Å². The number of methoxy groups -OCH3 is 2. The zero-order valence-electron chi connectivity index (χ0n) is 23.1. The SMILES string of the molecule is COc1ccc(S(=O)(=O)N(CC(=O)N(Cc2ccc(F)cc2)C(C)C(=O)NC(C)C)c2ccccc2)cc1OC. The van der Waals surface area contributed by atoms with E-state index < -0.39 is 40.2 Å². The van der Waals surface area contributed by atoms with E-state index in [2.05, 4.69) is 5.32 Å². The monoisotopic (exact) mass is 571 g/mol. The Morgan fingerprint density at radius 2 is 1.52 bits per heavy atom. The van der Waals surface area contributed by atoms with Crippen molar-refractivity contribution in [3.05, 3.63) is 84.2 Å². The Labute approximate surface area is 234 Å². The molecule has 214 valence electrons. The molecule has 2 amide bonds. The number of carbonyl (C=O) groups excluding carboxylic acids is 2. The first-order valence-corrected chi connectivity index (χ1v) is 14.1. The van der Waals surface area contributed by atoms with E-state index in [-0.39, 0.29) is 28.9 Å². The third-order valence-electron chi connectivity index (χ3n) is 6.13. The van der Waals surface area contributed by atoms with Crippen molar-refractivity contribution < 1.29 is 31.9 Å². The molecule has 11 heteroatoms. The van der Waals surface area contributed by atoms with Crippen molar-refractivity contribution in [2.45, 2.75) is 44.3 Å². The molecule has 0 aliphatic carbocycles. The molecule has 1 atom stereocenters.